The predicted octanol–water partition coefficient (Wildman–Crippen LogP) is 2.86. The number of rotatable bonds is 5. The van der Waals surface area contributed by atoms with Crippen LogP contribution >= 0.6 is 0 Å². The maximum atomic E-state index is 5.32. The average molecular weight is 271 g/mol. The third-order valence-electron chi connectivity index (χ3n) is 4.10. The molecular weight excluding hydrogens is 250 g/mol. The summed E-state index contributed by atoms with van der Waals surface area (Å²) in [5, 5.41) is 0. The second kappa shape index (κ2) is 5.67. The summed E-state index contributed by atoms with van der Waals surface area (Å²) in [6.07, 6.45) is 5.15. The van der Waals surface area contributed by atoms with E-state index in [9.17, 15) is 0 Å². The third-order valence-corrected chi connectivity index (χ3v) is 4.10. The molecule has 0 amide bonds. The fraction of sp³-hybridized carbons (Fsp3) is 0.438. The molecular formula is C16H21N3O. The van der Waals surface area contributed by atoms with Crippen molar-refractivity contribution in [2.75, 3.05) is 13.7 Å². The Bertz CT molecular complexity index is 579. The number of benzene rings is 1. The van der Waals surface area contributed by atoms with Crippen molar-refractivity contribution >= 4 is 0 Å². The molecule has 106 valence electrons. The molecule has 0 spiro atoms. The van der Waals surface area contributed by atoms with Gasteiger partial charge in [-0.1, -0.05) is 12.1 Å². The molecule has 0 unspecified atom stereocenters. The van der Waals surface area contributed by atoms with Crippen LogP contribution in [0.5, 0.6) is 5.75 Å². The first-order valence-electron chi connectivity index (χ1n) is 7.20. The smallest absolute Gasteiger partial charge is 0.122 e. The van der Waals surface area contributed by atoms with Crippen LogP contribution in [0.1, 0.15) is 30.8 Å². The molecule has 1 fully saturated rings. The van der Waals surface area contributed by atoms with Crippen molar-refractivity contribution in [1.82, 2.24) is 14.5 Å². The van der Waals surface area contributed by atoms with Gasteiger partial charge in [0, 0.05) is 31.5 Å². The number of methoxy groups -OCH3 is 1. The number of aromatic nitrogens is 2. The first kappa shape index (κ1) is 13.2. The van der Waals surface area contributed by atoms with Gasteiger partial charge >= 0.3 is 0 Å². The minimum absolute atomic E-state index is 0.493. The molecule has 0 bridgehead atoms. The Morgan fingerprint density at radius 3 is 3.00 bits per heavy atom. The van der Waals surface area contributed by atoms with Crippen molar-refractivity contribution in [3.8, 4) is 5.75 Å². The number of hydrogen-bond acceptors (Lipinski definition) is 3. The average Bonchev–Trinajstić information content (AvgIpc) is 2.91. The summed E-state index contributed by atoms with van der Waals surface area (Å²) < 4.78 is 7.53. The number of aryl methyl sites for hydroxylation is 1. The number of nitrogens with zero attached hydrogens (tertiary/aromatic N) is 3. The minimum atomic E-state index is 0.493. The van der Waals surface area contributed by atoms with E-state index in [1.807, 2.05) is 12.3 Å². The van der Waals surface area contributed by atoms with Gasteiger partial charge < -0.3 is 9.30 Å². The molecule has 1 aromatic carbocycles. The van der Waals surface area contributed by atoms with Crippen molar-refractivity contribution in [3.05, 3.63) is 48.0 Å². The molecule has 4 nitrogen and oxygen atoms in total. The minimum Gasteiger partial charge on any atom is -0.497 e. The lowest BCUT2D eigenvalue weighted by molar-refractivity contribution is 0.0773. The monoisotopic (exact) mass is 271 g/mol. The SMILES string of the molecule is CCn1ccnc1CN1CC[C@H]1c1cccc(OC)c1. The third kappa shape index (κ3) is 2.43. The maximum Gasteiger partial charge on any atom is 0.122 e. The van der Waals surface area contributed by atoms with Crippen LogP contribution in [-0.4, -0.2) is 28.1 Å². The molecule has 0 saturated carbocycles. The van der Waals surface area contributed by atoms with Crippen molar-refractivity contribution < 1.29 is 4.74 Å². The maximum absolute atomic E-state index is 5.32. The van der Waals surface area contributed by atoms with E-state index in [-0.39, 0.29) is 0 Å². The van der Waals surface area contributed by atoms with Gasteiger partial charge in [-0.2, -0.15) is 0 Å². The van der Waals surface area contributed by atoms with Gasteiger partial charge in [-0.05, 0) is 31.0 Å². The second-order valence-electron chi connectivity index (χ2n) is 5.18. The molecule has 3 rings (SSSR count). The van der Waals surface area contributed by atoms with Crippen molar-refractivity contribution in [2.24, 2.45) is 0 Å². The summed E-state index contributed by atoms with van der Waals surface area (Å²) in [7, 11) is 1.72. The Labute approximate surface area is 120 Å². The van der Waals surface area contributed by atoms with Crippen LogP contribution in [0.3, 0.4) is 0 Å². The van der Waals surface area contributed by atoms with E-state index in [4.69, 9.17) is 4.74 Å². The topological polar surface area (TPSA) is 30.3 Å². The molecule has 2 heterocycles. The summed E-state index contributed by atoms with van der Waals surface area (Å²) >= 11 is 0. The van der Waals surface area contributed by atoms with Crippen LogP contribution < -0.4 is 4.74 Å². The Hall–Kier alpha value is -1.81. The molecule has 1 aliphatic rings. The van der Waals surface area contributed by atoms with E-state index in [0.29, 0.717) is 6.04 Å². The van der Waals surface area contributed by atoms with Gasteiger partial charge in [0.1, 0.15) is 11.6 Å². The lowest BCUT2D eigenvalue weighted by Gasteiger charge is -2.41. The normalized spacial score (nSPS) is 18.8. The van der Waals surface area contributed by atoms with E-state index in [1.165, 1.54) is 12.0 Å². The van der Waals surface area contributed by atoms with E-state index in [2.05, 4.69) is 45.8 Å². The van der Waals surface area contributed by atoms with Gasteiger partial charge in [0.25, 0.3) is 0 Å². The molecule has 2 aromatic rings. The van der Waals surface area contributed by atoms with Crippen LogP contribution in [-0.2, 0) is 13.1 Å². The first-order chi connectivity index (χ1) is 9.81. The van der Waals surface area contributed by atoms with Crippen molar-refractivity contribution in [2.45, 2.75) is 32.5 Å². The molecule has 1 saturated heterocycles. The number of hydrogen-bond donors (Lipinski definition) is 0. The highest BCUT2D eigenvalue weighted by Gasteiger charge is 2.30. The van der Waals surface area contributed by atoms with Gasteiger partial charge in [-0.25, -0.2) is 4.98 Å². The first-order valence-corrected chi connectivity index (χ1v) is 7.20. The van der Waals surface area contributed by atoms with Gasteiger partial charge in [0.2, 0.25) is 0 Å². The number of ether oxygens (including phenoxy) is 1. The molecule has 0 aliphatic carbocycles. The van der Waals surface area contributed by atoms with E-state index in [1.54, 1.807) is 7.11 Å². The van der Waals surface area contributed by atoms with Crippen LogP contribution in [0.2, 0.25) is 0 Å². The van der Waals surface area contributed by atoms with E-state index < -0.39 is 0 Å². The molecule has 0 radical (unpaired) electrons. The standard InChI is InChI=1S/C16H21N3O/c1-3-18-10-8-17-16(18)12-19-9-7-15(19)13-5-4-6-14(11-13)20-2/h4-6,8,10-11,15H,3,7,9,12H2,1-2H3/t15-/m0/s1. The van der Waals surface area contributed by atoms with Crippen LogP contribution in [0.25, 0.3) is 0 Å². The number of likely N-dealkylation sites (tertiary alicyclic amines) is 1. The number of imidazole rings is 1. The molecule has 1 atom stereocenters. The van der Waals surface area contributed by atoms with Crippen molar-refractivity contribution in [3.63, 3.8) is 0 Å². The Kier molecular flexibility index (Phi) is 3.74. The highest BCUT2D eigenvalue weighted by atomic mass is 16.5. The highest BCUT2D eigenvalue weighted by molar-refractivity contribution is 5.31. The molecule has 1 aromatic heterocycles. The fourth-order valence-corrected chi connectivity index (χ4v) is 2.82. The summed E-state index contributed by atoms with van der Waals surface area (Å²) in [5.41, 5.74) is 1.34. The van der Waals surface area contributed by atoms with E-state index in [0.717, 1.165) is 31.2 Å². The molecule has 0 N–H and O–H groups in total. The van der Waals surface area contributed by atoms with Crippen molar-refractivity contribution in [1.29, 1.82) is 0 Å². The van der Waals surface area contributed by atoms with Gasteiger partial charge in [-0.3, -0.25) is 4.90 Å². The van der Waals surface area contributed by atoms with Gasteiger partial charge in [0.05, 0.1) is 13.7 Å². The summed E-state index contributed by atoms with van der Waals surface area (Å²) in [6, 6.07) is 8.88. The van der Waals surface area contributed by atoms with Gasteiger partial charge in [0.15, 0.2) is 0 Å². The van der Waals surface area contributed by atoms with Crippen LogP contribution in [0.4, 0.5) is 0 Å². The molecule has 4 heteroatoms. The quantitative estimate of drug-likeness (QED) is 0.837. The van der Waals surface area contributed by atoms with Crippen LogP contribution in [0, 0.1) is 0 Å². The highest BCUT2D eigenvalue weighted by Crippen LogP contribution is 2.35. The van der Waals surface area contributed by atoms with Crippen LogP contribution in [0.15, 0.2) is 36.7 Å². The Morgan fingerprint density at radius 2 is 2.30 bits per heavy atom. The lowest BCUT2D eigenvalue weighted by Crippen LogP contribution is -2.40. The molecule has 20 heavy (non-hydrogen) atoms. The largest absolute Gasteiger partial charge is 0.497 e. The second-order valence-corrected chi connectivity index (χ2v) is 5.18. The van der Waals surface area contributed by atoms with E-state index >= 15 is 0 Å². The zero-order valence-electron chi connectivity index (χ0n) is 12.1. The zero-order valence-corrected chi connectivity index (χ0v) is 12.1. The summed E-state index contributed by atoms with van der Waals surface area (Å²) in [6.45, 7) is 5.19. The lowest BCUT2D eigenvalue weighted by atomic mass is 9.94. The zero-order chi connectivity index (χ0) is 13.9. The summed E-state index contributed by atoms with van der Waals surface area (Å²) in [5.74, 6) is 2.09. The van der Waals surface area contributed by atoms with Gasteiger partial charge in [-0.15, -0.1) is 0 Å². The molecule has 1 aliphatic heterocycles. The fourth-order valence-electron chi connectivity index (χ4n) is 2.82. The predicted molar refractivity (Wildman–Crippen MR) is 78.7 cm³/mol. The summed E-state index contributed by atoms with van der Waals surface area (Å²) in [4.78, 5) is 6.94. The Morgan fingerprint density at radius 1 is 1.40 bits per heavy atom. The Balaban J connectivity index is 1.73.